The predicted molar refractivity (Wildman–Crippen MR) is 61.3 cm³/mol. The zero-order valence-corrected chi connectivity index (χ0v) is 9.98. The monoisotopic (exact) mass is 281 g/mol. The van der Waals surface area contributed by atoms with Crippen LogP contribution in [0.25, 0.3) is 11.5 Å². The molecular formula is C11H8BrNO3. The number of halogens is 1. The van der Waals surface area contributed by atoms with E-state index in [0.29, 0.717) is 5.89 Å². The molecule has 0 fully saturated rings. The Bertz CT molecular complexity index is 548. The SMILES string of the molecule is Cc1c(Br)cccc1-c1nc(C(=O)O)co1. The lowest BCUT2D eigenvalue weighted by Gasteiger charge is -2.02. The summed E-state index contributed by atoms with van der Waals surface area (Å²) in [5.41, 5.74) is 1.65. The fourth-order valence-corrected chi connectivity index (χ4v) is 1.70. The third-order valence-corrected chi connectivity index (χ3v) is 3.08. The van der Waals surface area contributed by atoms with E-state index in [-0.39, 0.29) is 5.69 Å². The number of benzene rings is 1. The third-order valence-electron chi connectivity index (χ3n) is 2.22. The minimum Gasteiger partial charge on any atom is -0.476 e. The molecule has 0 radical (unpaired) electrons. The molecule has 0 aliphatic heterocycles. The molecule has 82 valence electrons. The van der Waals surface area contributed by atoms with Crippen LogP contribution in [0.5, 0.6) is 0 Å². The summed E-state index contributed by atoms with van der Waals surface area (Å²) in [7, 11) is 0. The van der Waals surface area contributed by atoms with E-state index in [1.165, 1.54) is 0 Å². The maximum atomic E-state index is 10.7. The average molecular weight is 282 g/mol. The largest absolute Gasteiger partial charge is 0.476 e. The van der Waals surface area contributed by atoms with Crippen LogP contribution in [0, 0.1) is 6.92 Å². The van der Waals surface area contributed by atoms with Gasteiger partial charge in [-0.1, -0.05) is 22.0 Å². The van der Waals surface area contributed by atoms with Crippen molar-refractivity contribution in [3.63, 3.8) is 0 Å². The van der Waals surface area contributed by atoms with Gasteiger partial charge in [0.05, 0.1) is 0 Å². The summed E-state index contributed by atoms with van der Waals surface area (Å²) < 4.78 is 6.07. The van der Waals surface area contributed by atoms with Crippen LogP contribution >= 0.6 is 15.9 Å². The lowest BCUT2D eigenvalue weighted by atomic mass is 10.1. The zero-order valence-electron chi connectivity index (χ0n) is 8.40. The molecular weight excluding hydrogens is 274 g/mol. The molecule has 0 amide bonds. The first-order valence-electron chi connectivity index (χ1n) is 4.54. The van der Waals surface area contributed by atoms with Crippen LogP contribution < -0.4 is 0 Å². The van der Waals surface area contributed by atoms with Crippen molar-refractivity contribution in [3.8, 4) is 11.5 Å². The van der Waals surface area contributed by atoms with E-state index in [0.717, 1.165) is 21.9 Å². The number of hydrogen-bond donors (Lipinski definition) is 1. The summed E-state index contributed by atoms with van der Waals surface area (Å²) in [5.74, 6) is -0.779. The Balaban J connectivity index is 2.50. The molecule has 0 aliphatic carbocycles. The van der Waals surface area contributed by atoms with E-state index in [9.17, 15) is 4.79 Å². The summed E-state index contributed by atoms with van der Waals surface area (Å²) in [6.45, 7) is 1.91. The number of nitrogens with zero attached hydrogens (tertiary/aromatic N) is 1. The quantitative estimate of drug-likeness (QED) is 0.919. The highest BCUT2D eigenvalue weighted by molar-refractivity contribution is 9.10. The maximum Gasteiger partial charge on any atom is 0.357 e. The summed E-state index contributed by atoms with van der Waals surface area (Å²) in [4.78, 5) is 14.6. The molecule has 0 spiro atoms. The van der Waals surface area contributed by atoms with Crippen LogP contribution in [0.1, 0.15) is 16.1 Å². The summed E-state index contributed by atoms with van der Waals surface area (Å²) in [6.07, 6.45) is 1.14. The topological polar surface area (TPSA) is 63.3 Å². The van der Waals surface area contributed by atoms with Gasteiger partial charge in [-0.2, -0.15) is 0 Å². The molecule has 0 atom stereocenters. The molecule has 1 N–H and O–H groups in total. The fraction of sp³-hybridized carbons (Fsp3) is 0.0909. The van der Waals surface area contributed by atoms with Gasteiger partial charge in [0.25, 0.3) is 0 Å². The van der Waals surface area contributed by atoms with Gasteiger partial charge in [-0.15, -0.1) is 0 Å². The highest BCUT2D eigenvalue weighted by Crippen LogP contribution is 2.27. The molecule has 0 aliphatic rings. The molecule has 1 aromatic carbocycles. The van der Waals surface area contributed by atoms with Gasteiger partial charge in [0.15, 0.2) is 5.69 Å². The Morgan fingerprint density at radius 3 is 2.88 bits per heavy atom. The molecule has 16 heavy (non-hydrogen) atoms. The average Bonchev–Trinajstić information content (AvgIpc) is 2.71. The molecule has 1 heterocycles. The highest BCUT2D eigenvalue weighted by atomic mass is 79.9. The first-order chi connectivity index (χ1) is 7.59. The number of oxazole rings is 1. The predicted octanol–water partition coefficient (Wildman–Crippen LogP) is 3.11. The first-order valence-corrected chi connectivity index (χ1v) is 5.33. The number of aromatic nitrogens is 1. The zero-order chi connectivity index (χ0) is 11.7. The Labute approximate surface area is 100 Å². The second-order valence-corrected chi connectivity index (χ2v) is 4.11. The molecule has 2 aromatic rings. The van der Waals surface area contributed by atoms with Crippen LogP contribution in [-0.2, 0) is 0 Å². The van der Waals surface area contributed by atoms with Crippen LogP contribution in [0.15, 0.2) is 33.4 Å². The van der Waals surface area contributed by atoms with E-state index < -0.39 is 5.97 Å². The van der Waals surface area contributed by atoms with Crippen molar-refractivity contribution in [3.05, 3.63) is 40.2 Å². The van der Waals surface area contributed by atoms with Crippen molar-refractivity contribution in [2.75, 3.05) is 0 Å². The van der Waals surface area contributed by atoms with Gasteiger partial charge >= 0.3 is 5.97 Å². The lowest BCUT2D eigenvalue weighted by Crippen LogP contribution is -1.95. The van der Waals surface area contributed by atoms with E-state index in [2.05, 4.69) is 20.9 Å². The third kappa shape index (κ3) is 1.86. The number of rotatable bonds is 2. The number of carboxylic acids is 1. The molecule has 0 saturated carbocycles. The number of carbonyl (C=O) groups is 1. The smallest absolute Gasteiger partial charge is 0.357 e. The summed E-state index contributed by atoms with van der Waals surface area (Å²) in [6, 6.07) is 5.58. The van der Waals surface area contributed by atoms with Crippen LogP contribution in [0.2, 0.25) is 0 Å². The van der Waals surface area contributed by atoms with Crippen molar-refractivity contribution in [2.24, 2.45) is 0 Å². The number of hydrogen-bond acceptors (Lipinski definition) is 3. The highest BCUT2D eigenvalue weighted by Gasteiger charge is 2.14. The molecule has 5 heteroatoms. The van der Waals surface area contributed by atoms with Gasteiger partial charge in [0, 0.05) is 10.0 Å². The molecule has 0 bridgehead atoms. The number of carboxylic acid groups (broad SMARTS) is 1. The fourth-order valence-electron chi connectivity index (χ4n) is 1.33. The normalized spacial score (nSPS) is 10.4. The maximum absolute atomic E-state index is 10.7. The van der Waals surface area contributed by atoms with E-state index in [1.807, 2.05) is 25.1 Å². The van der Waals surface area contributed by atoms with Crippen LogP contribution in [0.3, 0.4) is 0 Å². The molecule has 0 saturated heterocycles. The summed E-state index contributed by atoms with van der Waals surface area (Å²) in [5, 5.41) is 8.74. The Morgan fingerprint density at radius 2 is 2.25 bits per heavy atom. The van der Waals surface area contributed by atoms with Gasteiger partial charge in [-0.3, -0.25) is 0 Å². The molecule has 1 aromatic heterocycles. The Kier molecular flexibility index (Phi) is 2.78. The van der Waals surface area contributed by atoms with Crippen molar-refractivity contribution in [2.45, 2.75) is 6.92 Å². The van der Waals surface area contributed by atoms with Crippen molar-refractivity contribution >= 4 is 21.9 Å². The van der Waals surface area contributed by atoms with E-state index in [4.69, 9.17) is 9.52 Å². The van der Waals surface area contributed by atoms with Crippen molar-refractivity contribution in [1.82, 2.24) is 4.98 Å². The number of aromatic carboxylic acids is 1. The van der Waals surface area contributed by atoms with Crippen molar-refractivity contribution in [1.29, 1.82) is 0 Å². The van der Waals surface area contributed by atoms with Crippen LogP contribution in [0.4, 0.5) is 0 Å². The standard InChI is InChI=1S/C11H8BrNO3/c1-6-7(3-2-4-8(6)12)10-13-9(5-16-10)11(14)15/h2-5H,1H3,(H,14,15). The van der Waals surface area contributed by atoms with E-state index >= 15 is 0 Å². The molecule has 2 rings (SSSR count). The Morgan fingerprint density at radius 1 is 1.50 bits per heavy atom. The molecule has 0 unspecified atom stereocenters. The van der Waals surface area contributed by atoms with Crippen LogP contribution in [-0.4, -0.2) is 16.1 Å². The Hall–Kier alpha value is -1.62. The van der Waals surface area contributed by atoms with E-state index in [1.54, 1.807) is 0 Å². The van der Waals surface area contributed by atoms with Gasteiger partial charge in [0.1, 0.15) is 6.26 Å². The minimum absolute atomic E-state index is 0.0885. The van der Waals surface area contributed by atoms with Gasteiger partial charge in [-0.05, 0) is 24.6 Å². The second-order valence-electron chi connectivity index (χ2n) is 3.26. The lowest BCUT2D eigenvalue weighted by molar-refractivity contribution is 0.0690. The van der Waals surface area contributed by atoms with Gasteiger partial charge in [-0.25, -0.2) is 9.78 Å². The van der Waals surface area contributed by atoms with Crippen molar-refractivity contribution < 1.29 is 14.3 Å². The van der Waals surface area contributed by atoms with Gasteiger partial charge < -0.3 is 9.52 Å². The summed E-state index contributed by atoms with van der Waals surface area (Å²) >= 11 is 3.39. The molecule has 4 nitrogen and oxygen atoms in total. The second kappa shape index (κ2) is 4.09. The van der Waals surface area contributed by atoms with Gasteiger partial charge in [0.2, 0.25) is 5.89 Å². The minimum atomic E-state index is -1.09. The first kappa shape index (κ1) is 10.9.